The number of rotatable bonds is 4. The second-order valence-electron chi connectivity index (χ2n) is 5.93. The van der Waals surface area contributed by atoms with Crippen molar-refractivity contribution < 1.29 is 4.79 Å². The highest BCUT2D eigenvalue weighted by Gasteiger charge is 2.49. The fourth-order valence-electron chi connectivity index (χ4n) is 2.72. The van der Waals surface area contributed by atoms with Gasteiger partial charge >= 0.3 is 0 Å². The molecule has 92 valence electrons. The molecule has 1 amide bonds. The Kier molecular flexibility index (Phi) is 2.99. The maximum Gasteiger partial charge on any atom is 0.241 e. The average Bonchev–Trinajstić information content (AvgIpc) is 2.71. The van der Waals surface area contributed by atoms with Crippen LogP contribution in [0.25, 0.3) is 0 Å². The summed E-state index contributed by atoms with van der Waals surface area (Å²) in [4.78, 5) is 14.2. The van der Waals surface area contributed by atoms with Gasteiger partial charge in [0.15, 0.2) is 0 Å². The van der Waals surface area contributed by atoms with Crippen LogP contribution in [0.3, 0.4) is 0 Å². The quantitative estimate of drug-likeness (QED) is 0.792. The molecule has 0 bridgehead atoms. The molecule has 2 aliphatic rings. The van der Waals surface area contributed by atoms with Crippen LogP contribution in [0.2, 0.25) is 0 Å². The van der Waals surface area contributed by atoms with Crippen molar-refractivity contribution in [2.24, 2.45) is 11.3 Å². The van der Waals surface area contributed by atoms with E-state index in [9.17, 15) is 4.79 Å². The summed E-state index contributed by atoms with van der Waals surface area (Å²) in [6, 6.07) is 0.0619. The SMILES string of the molecule is CCC1NC(CC)N(CC2CC2(C)C)C1=O. The standard InChI is InChI=1S/C13H24N2O/c1-5-10-12(16)15(11(6-2)14-10)8-9-7-13(9,3)4/h9-11,14H,5-8H2,1-4H3. The van der Waals surface area contributed by atoms with Gasteiger partial charge in [0.1, 0.15) is 0 Å². The van der Waals surface area contributed by atoms with Crippen molar-refractivity contribution in [3.63, 3.8) is 0 Å². The van der Waals surface area contributed by atoms with Crippen LogP contribution in [0.1, 0.15) is 47.0 Å². The molecule has 1 heterocycles. The molecule has 3 nitrogen and oxygen atoms in total. The van der Waals surface area contributed by atoms with E-state index < -0.39 is 0 Å². The first-order chi connectivity index (χ1) is 7.49. The molecule has 2 rings (SSSR count). The molecule has 3 unspecified atom stereocenters. The first kappa shape index (κ1) is 11.9. The lowest BCUT2D eigenvalue weighted by atomic mass is 10.1. The van der Waals surface area contributed by atoms with Gasteiger partial charge in [-0.15, -0.1) is 0 Å². The minimum Gasteiger partial charge on any atom is -0.326 e. The molecule has 0 spiro atoms. The lowest BCUT2D eigenvalue weighted by Crippen LogP contribution is -2.38. The van der Waals surface area contributed by atoms with Gasteiger partial charge in [0.25, 0.3) is 0 Å². The van der Waals surface area contributed by atoms with Gasteiger partial charge in [-0.2, -0.15) is 0 Å². The van der Waals surface area contributed by atoms with E-state index in [0.29, 0.717) is 17.2 Å². The zero-order valence-corrected chi connectivity index (χ0v) is 10.9. The van der Waals surface area contributed by atoms with Crippen molar-refractivity contribution in [1.82, 2.24) is 10.2 Å². The minimum atomic E-state index is 0.0619. The van der Waals surface area contributed by atoms with Crippen LogP contribution < -0.4 is 5.32 Å². The number of carbonyl (C=O) groups excluding carboxylic acids is 1. The Bertz CT molecular complexity index is 288. The lowest BCUT2D eigenvalue weighted by Gasteiger charge is -2.23. The zero-order chi connectivity index (χ0) is 11.9. The van der Waals surface area contributed by atoms with Crippen LogP contribution in [0.15, 0.2) is 0 Å². The number of nitrogens with one attached hydrogen (secondary N) is 1. The maximum absolute atomic E-state index is 12.1. The molecule has 1 aliphatic carbocycles. The minimum absolute atomic E-state index is 0.0619. The van der Waals surface area contributed by atoms with E-state index in [4.69, 9.17) is 0 Å². The van der Waals surface area contributed by atoms with E-state index >= 15 is 0 Å². The van der Waals surface area contributed by atoms with Crippen LogP contribution in [0.5, 0.6) is 0 Å². The summed E-state index contributed by atoms with van der Waals surface area (Å²) in [6.07, 6.45) is 3.45. The molecule has 0 aromatic carbocycles. The van der Waals surface area contributed by atoms with Gasteiger partial charge in [-0.25, -0.2) is 0 Å². The third-order valence-corrected chi connectivity index (χ3v) is 4.28. The monoisotopic (exact) mass is 224 g/mol. The van der Waals surface area contributed by atoms with Crippen LogP contribution in [0.4, 0.5) is 0 Å². The van der Waals surface area contributed by atoms with Crippen molar-refractivity contribution in [3.8, 4) is 0 Å². The first-order valence-electron chi connectivity index (χ1n) is 6.56. The van der Waals surface area contributed by atoms with Crippen LogP contribution >= 0.6 is 0 Å². The average molecular weight is 224 g/mol. The van der Waals surface area contributed by atoms with Crippen molar-refractivity contribution in [2.45, 2.75) is 59.2 Å². The first-order valence-corrected chi connectivity index (χ1v) is 6.56. The highest BCUT2D eigenvalue weighted by atomic mass is 16.2. The molecular formula is C13H24N2O. The number of hydrogen-bond donors (Lipinski definition) is 1. The van der Waals surface area contributed by atoms with Gasteiger partial charge in [0.2, 0.25) is 5.91 Å². The van der Waals surface area contributed by atoms with Gasteiger partial charge < -0.3 is 4.90 Å². The molecule has 16 heavy (non-hydrogen) atoms. The molecule has 1 saturated heterocycles. The molecule has 2 fully saturated rings. The number of carbonyl (C=O) groups is 1. The molecule has 0 radical (unpaired) electrons. The number of nitrogens with zero attached hydrogens (tertiary/aromatic N) is 1. The van der Waals surface area contributed by atoms with Gasteiger partial charge in [-0.3, -0.25) is 10.1 Å². The Morgan fingerprint density at radius 3 is 2.44 bits per heavy atom. The second kappa shape index (κ2) is 4.02. The Balaban J connectivity index is 1.99. The summed E-state index contributed by atoms with van der Waals surface area (Å²) in [7, 11) is 0. The molecule has 3 heteroatoms. The van der Waals surface area contributed by atoms with E-state index in [1.54, 1.807) is 0 Å². The summed E-state index contributed by atoms with van der Waals surface area (Å²) in [6.45, 7) is 9.77. The van der Waals surface area contributed by atoms with Crippen molar-refractivity contribution in [2.75, 3.05) is 6.54 Å². The molecule has 3 atom stereocenters. The predicted molar refractivity (Wildman–Crippen MR) is 64.9 cm³/mol. The van der Waals surface area contributed by atoms with Crippen molar-refractivity contribution in [3.05, 3.63) is 0 Å². The fourth-order valence-corrected chi connectivity index (χ4v) is 2.72. The van der Waals surface area contributed by atoms with Gasteiger partial charge in [-0.1, -0.05) is 27.7 Å². The molecule has 1 aliphatic heterocycles. The highest BCUT2D eigenvalue weighted by molar-refractivity contribution is 5.84. The van der Waals surface area contributed by atoms with Crippen LogP contribution in [0, 0.1) is 11.3 Å². The molecule has 1 N–H and O–H groups in total. The van der Waals surface area contributed by atoms with E-state index in [-0.39, 0.29) is 12.2 Å². The van der Waals surface area contributed by atoms with Crippen LogP contribution in [-0.4, -0.2) is 29.6 Å². The summed E-state index contributed by atoms with van der Waals surface area (Å²) >= 11 is 0. The van der Waals surface area contributed by atoms with Crippen LogP contribution in [-0.2, 0) is 4.79 Å². The number of hydrogen-bond acceptors (Lipinski definition) is 2. The summed E-state index contributed by atoms with van der Waals surface area (Å²) < 4.78 is 0. The zero-order valence-electron chi connectivity index (χ0n) is 10.9. The Hall–Kier alpha value is -0.570. The molecule has 0 aromatic rings. The largest absolute Gasteiger partial charge is 0.326 e. The van der Waals surface area contributed by atoms with E-state index in [1.807, 2.05) is 0 Å². The molecule has 0 aromatic heterocycles. The number of amides is 1. The summed E-state index contributed by atoms with van der Waals surface area (Å²) in [5, 5.41) is 3.43. The normalized spacial score (nSPS) is 36.9. The highest BCUT2D eigenvalue weighted by Crippen LogP contribution is 2.52. The summed E-state index contributed by atoms with van der Waals surface area (Å²) in [5.41, 5.74) is 0.461. The van der Waals surface area contributed by atoms with Gasteiger partial charge in [-0.05, 0) is 30.6 Å². The smallest absolute Gasteiger partial charge is 0.241 e. The maximum atomic E-state index is 12.1. The fraction of sp³-hybridized carbons (Fsp3) is 0.923. The van der Waals surface area contributed by atoms with Crippen molar-refractivity contribution >= 4 is 5.91 Å². The topological polar surface area (TPSA) is 32.3 Å². The lowest BCUT2D eigenvalue weighted by molar-refractivity contribution is -0.130. The van der Waals surface area contributed by atoms with Gasteiger partial charge in [0.05, 0.1) is 12.2 Å². The molecule has 1 saturated carbocycles. The van der Waals surface area contributed by atoms with E-state index in [0.717, 1.165) is 19.4 Å². The predicted octanol–water partition coefficient (Wildman–Crippen LogP) is 1.98. The van der Waals surface area contributed by atoms with E-state index in [2.05, 4.69) is 37.9 Å². The van der Waals surface area contributed by atoms with E-state index in [1.165, 1.54) is 6.42 Å². The summed E-state index contributed by atoms with van der Waals surface area (Å²) in [5.74, 6) is 1.03. The van der Waals surface area contributed by atoms with Gasteiger partial charge in [0, 0.05) is 6.54 Å². The van der Waals surface area contributed by atoms with Crippen molar-refractivity contribution in [1.29, 1.82) is 0 Å². The Labute approximate surface area is 98.6 Å². The third-order valence-electron chi connectivity index (χ3n) is 4.28. The third kappa shape index (κ3) is 1.97. The Morgan fingerprint density at radius 1 is 1.38 bits per heavy atom. The second-order valence-corrected chi connectivity index (χ2v) is 5.93. The molecular weight excluding hydrogens is 200 g/mol. The Morgan fingerprint density at radius 2 is 2.00 bits per heavy atom.